The molecule has 0 saturated carbocycles. The van der Waals surface area contributed by atoms with Crippen LogP contribution in [0.4, 0.5) is 5.69 Å². The number of nitrogens with one attached hydrogen (secondary N) is 1. The van der Waals surface area contributed by atoms with Crippen LogP contribution in [0.3, 0.4) is 0 Å². The van der Waals surface area contributed by atoms with Crippen LogP contribution in [0.2, 0.25) is 0 Å². The fourth-order valence-corrected chi connectivity index (χ4v) is 3.53. The van der Waals surface area contributed by atoms with E-state index in [1.807, 2.05) is 67.3 Å². The van der Waals surface area contributed by atoms with Crippen molar-refractivity contribution in [3.05, 3.63) is 64.2 Å². The third-order valence-corrected chi connectivity index (χ3v) is 4.93. The van der Waals surface area contributed by atoms with Gasteiger partial charge in [0.05, 0.1) is 18.7 Å². The minimum atomic E-state index is -0.553. The summed E-state index contributed by atoms with van der Waals surface area (Å²) in [7, 11) is 1.57. The van der Waals surface area contributed by atoms with Gasteiger partial charge in [0.15, 0.2) is 11.5 Å². The van der Waals surface area contributed by atoms with Crippen molar-refractivity contribution in [3.63, 3.8) is 0 Å². The number of benzene rings is 2. The Hall–Kier alpha value is -3.11. The van der Waals surface area contributed by atoms with E-state index in [0.717, 1.165) is 16.8 Å². The Morgan fingerprint density at radius 2 is 2.00 bits per heavy atom. The van der Waals surface area contributed by atoms with Crippen molar-refractivity contribution in [3.8, 4) is 17.6 Å². The molecule has 2 aromatic rings. The molecule has 0 fully saturated rings. The van der Waals surface area contributed by atoms with E-state index >= 15 is 0 Å². The van der Waals surface area contributed by atoms with E-state index in [0.29, 0.717) is 23.1 Å². The summed E-state index contributed by atoms with van der Waals surface area (Å²) >= 11 is 4.53. The van der Waals surface area contributed by atoms with Crippen molar-refractivity contribution >= 4 is 24.2 Å². The maximum atomic E-state index is 12.5. The number of ether oxygens (including phenoxy) is 2. The van der Waals surface area contributed by atoms with Crippen molar-refractivity contribution < 1.29 is 14.3 Å². The van der Waals surface area contributed by atoms with Gasteiger partial charge in [-0.15, -0.1) is 12.6 Å². The smallest absolute Gasteiger partial charge is 0.266 e. The minimum absolute atomic E-state index is 0.0271. The van der Waals surface area contributed by atoms with Gasteiger partial charge in [-0.1, -0.05) is 24.3 Å². The van der Waals surface area contributed by atoms with Gasteiger partial charge in [0.1, 0.15) is 17.8 Å². The van der Waals surface area contributed by atoms with Gasteiger partial charge in [-0.3, -0.25) is 4.79 Å². The van der Waals surface area contributed by atoms with Crippen molar-refractivity contribution in [2.24, 2.45) is 0 Å². The summed E-state index contributed by atoms with van der Waals surface area (Å²) < 4.78 is 11.0. The zero-order valence-electron chi connectivity index (χ0n) is 15.9. The third-order valence-electron chi connectivity index (χ3n) is 4.49. The van der Waals surface area contributed by atoms with Gasteiger partial charge in [0.25, 0.3) is 5.91 Å². The molecular weight excluding hydrogens is 374 g/mol. The number of anilines is 1. The van der Waals surface area contributed by atoms with Gasteiger partial charge in [-0.2, -0.15) is 5.26 Å². The highest BCUT2D eigenvalue weighted by Crippen LogP contribution is 2.39. The van der Waals surface area contributed by atoms with Crippen LogP contribution in [-0.2, 0) is 4.79 Å². The molecule has 1 atom stereocenters. The molecule has 2 aromatic carbocycles. The fraction of sp³-hybridized carbons (Fsp3) is 0.238. The zero-order valence-corrected chi connectivity index (χ0v) is 16.8. The molecule has 0 saturated heterocycles. The molecule has 1 aliphatic heterocycles. The first-order chi connectivity index (χ1) is 13.5. The Bertz CT molecular complexity index is 981. The number of hydrogen-bond acceptors (Lipinski definition) is 6. The number of rotatable bonds is 5. The predicted octanol–water partition coefficient (Wildman–Crippen LogP) is 3.70. The van der Waals surface area contributed by atoms with Gasteiger partial charge in [0.2, 0.25) is 0 Å². The van der Waals surface area contributed by atoms with Crippen LogP contribution < -0.4 is 19.7 Å². The van der Waals surface area contributed by atoms with Crippen LogP contribution in [0, 0.1) is 18.3 Å². The van der Waals surface area contributed by atoms with Gasteiger partial charge in [0, 0.05) is 5.69 Å². The van der Waals surface area contributed by atoms with Gasteiger partial charge in [-0.25, -0.2) is 0 Å². The van der Waals surface area contributed by atoms with Crippen LogP contribution in [0.25, 0.3) is 0 Å². The first kappa shape index (κ1) is 19.6. The number of methoxy groups -OCH3 is 1. The monoisotopic (exact) mass is 395 g/mol. The molecule has 1 aliphatic rings. The van der Waals surface area contributed by atoms with Crippen LogP contribution in [0.5, 0.6) is 11.5 Å². The number of carbonyl (C=O) groups excluding carboxylic acids is 1. The summed E-state index contributed by atoms with van der Waals surface area (Å²) in [6.07, 6.45) is -0.553. The van der Waals surface area contributed by atoms with Crippen LogP contribution in [0.15, 0.2) is 53.1 Å². The molecule has 0 spiro atoms. The highest BCUT2D eigenvalue weighted by molar-refractivity contribution is 7.84. The topological polar surface area (TPSA) is 74.6 Å². The molecule has 0 radical (unpaired) electrons. The first-order valence-electron chi connectivity index (χ1n) is 8.81. The van der Waals surface area contributed by atoms with E-state index in [1.165, 1.54) is 0 Å². The van der Waals surface area contributed by atoms with Crippen molar-refractivity contribution in [1.29, 1.82) is 5.26 Å². The van der Waals surface area contributed by atoms with E-state index in [2.05, 4.69) is 17.9 Å². The molecule has 1 unspecified atom stereocenters. The van der Waals surface area contributed by atoms with Gasteiger partial charge >= 0.3 is 0 Å². The number of para-hydroxylation sites is 1. The number of nitriles is 1. The summed E-state index contributed by atoms with van der Waals surface area (Å²) in [5.41, 5.74) is 2.59. The maximum Gasteiger partial charge on any atom is 0.266 e. The summed E-state index contributed by atoms with van der Waals surface area (Å²) in [6, 6.07) is 15.2. The number of hydrogen-bond donors (Lipinski definition) is 2. The Kier molecular flexibility index (Phi) is 5.81. The molecule has 1 heterocycles. The molecule has 0 bridgehead atoms. The lowest BCUT2D eigenvalue weighted by atomic mass is 10.0. The average molecular weight is 395 g/mol. The Morgan fingerprint density at radius 1 is 1.25 bits per heavy atom. The lowest BCUT2D eigenvalue weighted by Crippen LogP contribution is -2.46. The summed E-state index contributed by atoms with van der Waals surface area (Å²) in [4.78, 5) is 14.3. The Balaban J connectivity index is 2.16. The molecule has 0 aromatic heterocycles. The first-order valence-corrected chi connectivity index (χ1v) is 9.26. The minimum Gasteiger partial charge on any atom is -0.493 e. The van der Waals surface area contributed by atoms with Gasteiger partial charge in [-0.05, 0) is 43.2 Å². The molecule has 0 aliphatic carbocycles. The second-order valence-electron chi connectivity index (χ2n) is 6.19. The largest absolute Gasteiger partial charge is 0.493 e. The molecule has 1 N–H and O–H groups in total. The lowest BCUT2D eigenvalue weighted by molar-refractivity contribution is -0.118. The standard InChI is InChI=1S/C21H21N3O3S/c1-4-27-17-10-9-14(11-18(17)26-3)19-23-20(25)15(12-22)21(28)24(19)16-8-6-5-7-13(16)2/h5-11,19,28H,4H2,1-3H3,(H,23,25). The molecule has 7 heteroatoms. The average Bonchev–Trinajstić information content (AvgIpc) is 2.69. The molecule has 1 amide bonds. The number of carbonyl (C=O) groups is 1. The van der Waals surface area contributed by atoms with Crippen molar-refractivity contribution in [2.45, 2.75) is 20.0 Å². The fourth-order valence-electron chi connectivity index (χ4n) is 3.15. The van der Waals surface area contributed by atoms with Crippen molar-refractivity contribution in [2.75, 3.05) is 18.6 Å². The van der Waals surface area contributed by atoms with Crippen LogP contribution in [0.1, 0.15) is 24.2 Å². The molecular formula is C21H21N3O3S. The zero-order chi connectivity index (χ0) is 20.3. The Labute approximate surface area is 169 Å². The normalized spacial score (nSPS) is 16.5. The quantitative estimate of drug-likeness (QED) is 0.755. The highest BCUT2D eigenvalue weighted by Gasteiger charge is 2.34. The van der Waals surface area contributed by atoms with E-state index in [4.69, 9.17) is 9.47 Å². The number of nitrogens with zero attached hydrogens (tertiary/aromatic N) is 2. The van der Waals surface area contributed by atoms with E-state index in [-0.39, 0.29) is 5.57 Å². The lowest BCUT2D eigenvalue weighted by Gasteiger charge is -2.38. The third kappa shape index (κ3) is 3.51. The van der Waals surface area contributed by atoms with E-state index < -0.39 is 12.1 Å². The van der Waals surface area contributed by atoms with E-state index in [1.54, 1.807) is 7.11 Å². The summed E-state index contributed by atoms with van der Waals surface area (Å²) in [5, 5.41) is 12.6. The van der Waals surface area contributed by atoms with E-state index in [9.17, 15) is 10.1 Å². The molecule has 6 nitrogen and oxygen atoms in total. The second-order valence-corrected chi connectivity index (χ2v) is 6.61. The maximum absolute atomic E-state index is 12.5. The van der Waals surface area contributed by atoms with Crippen molar-refractivity contribution in [1.82, 2.24) is 5.32 Å². The molecule has 144 valence electrons. The number of aryl methyl sites for hydroxylation is 1. The summed E-state index contributed by atoms with van der Waals surface area (Å²) in [5.74, 6) is 0.724. The number of amides is 1. The predicted molar refractivity (Wildman–Crippen MR) is 110 cm³/mol. The SMILES string of the molecule is CCOc1ccc(C2NC(=O)C(C#N)=C(S)N2c2ccccc2C)cc1OC. The van der Waals surface area contributed by atoms with Gasteiger partial charge < -0.3 is 19.7 Å². The second kappa shape index (κ2) is 8.28. The van der Waals surface area contributed by atoms with Crippen LogP contribution in [-0.4, -0.2) is 19.6 Å². The molecule has 28 heavy (non-hydrogen) atoms. The highest BCUT2D eigenvalue weighted by atomic mass is 32.1. The molecule has 3 rings (SSSR count). The summed E-state index contributed by atoms with van der Waals surface area (Å²) in [6.45, 7) is 4.38. The van der Waals surface area contributed by atoms with Crippen LogP contribution >= 0.6 is 12.6 Å². The number of thiol groups is 1. The Morgan fingerprint density at radius 3 is 2.64 bits per heavy atom.